The molecule has 40 heavy (non-hydrogen) atoms. The minimum absolute atomic E-state index is 0.0791. The van der Waals surface area contributed by atoms with Gasteiger partial charge >= 0.3 is 0 Å². The Bertz CT molecular complexity index is 1230. The Morgan fingerprint density at radius 1 is 0.925 bits per heavy atom. The van der Waals surface area contributed by atoms with Crippen molar-refractivity contribution in [2.75, 3.05) is 37.7 Å². The van der Waals surface area contributed by atoms with Crippen molar-refractivity contribution < 1.29 is 24.2 Å². The van der Waals surface area contributed by atoms with Gasteiger partial charge in [-0.25, -0.2) is 0 Å². The average Bonchev–Trinajstić information content (AvgIpc) is 3.18. The number of carbonyl (C=O) groups excluding carboxylic acids is 3. The van der Waals surface area contributed by atoms with Gasteiger partial charge in [0.15, 0.2) is 0 Å². The van der Waals surface area contributed by atoms with E-state index in [9.17, 15) is 19.5 Å². The fourth-order valence-electron chi connectivity index (χ4n) is 7.26. The molecule has 0 aromatic heterocycles. The molecule has 4 heterocycles. The monoisotopic (exact) mass is 549 g/mol. The van der Waals surface area contributed by atoms with Gasteiger partial charge in [0.25, 0.3) is 5.91 Å². The van der Waals surface area contributed by atoms with Crippen molar-refractivity contribution in [1.29, 1.82) is 0 Å². The first-order valence-corrected chi connectivity index (χ1v) is 14.8. The number of fused-ring (bicyclic) bond motifs is 2. The van der Waals surface area contributed by atoms with Crippen LogP contribution in [0.15, 0.2) is 42.5 Å². The summed E-state index contributed by atoms with van der Waals surface area (Å²) in [6.07, 6.45) is 11.7. The lowest BCUT2D eigenvalue weighted by Crippen LogP contribution is -2.56. The van der Waals surface area contributed by atoms with Gasteiger partial charge in [0.05, 0.1) is 17.4 Å². The van der Waals surface area contributed by atoms with Gasteiger partial charge in [-0.15, -0.1) is 0 Å². The number of likely N-dealkylation sites (tertiary alicyclic amines) is 1. The summed E-state index contributed by atoms with van der Waals surface area (Å²) < 4.78 is 6.92. The minimum Gasteiger partial charge on any atom is -0.396 e. The lowest BCUT2D eigenvalue weighted by Gasteiger charge is -2.37. The first-order chi connectivity index (χ1) is 19.2. The van der Waals surface area contributed by atoms with E-state index in [2.05, 4.69) is 0 Å². The SMILES string of the molecule is CCCN1CC=C[C@@]2(C)O[C@]34C=CCN(c5cc(C)ccc5C)C(=O)C3N(CCCCCCO)C(=O)[C@@H]4[C@H]2C1=O. The van der Waals surface area contributed by atoms with Gasteiger partial charge in [0.2, 0.25) is 11.8 Å². The second kappa shape index (κ2) is 11.1. The Labute approximate surface area is 237 Å². The van der Waals surface area contributed by atoms with Crippen LogP contribution in [0.4, 0.5) is 5.69 Å². The number of aliphatic hydroxyl groups is 1. The van der Waals surface area contributed by atoms with E-state index >= 15 is 0 Å². The molecule has 216 valence electrons. The summed E-state index contributed by atoms with van der Waals surface area (Å²) in [6.45, 7) is 9.94. The van der Waals surface area contributed by atoms with Crippen LogP contribution in [-0.2, 0) is 19.1 Å². The number of hydrogen-bond acceptors (Lipinski definition) is 5. The summed E-state index contributed by atoms with van der Waals surface area (Å²) in [4.78, 5) is 48.4. The van der Waals surface area contributed by atoms with E-state index < -0.39 is 29.1 Å². The number of nitrogens with zero attached hydrogens (tertiary/aromatic N) is 3. The molecule has 1 aromatic carbocycles. The fraction of sp³-hybridized carbons (Fsp3) is 0.594. The zero-order valence-electron chi connectivity index (χ0n) is 24.3. The van der Waals surface area contributed by atoms with Gasteiger partial charge in [0, 0.05) is 38.5 Å². The number of hydrogen-bond donors (Lipinski definition) is 1. The quantitative estimate of drug-likeness (QED) is 0.376. The van der Waals surface area contributed by atoms with Crippen LogP contribution in [0.1, 0.15) is 57.1 Å². The lowest BCUT2D eigenvalue weighted by molar-refractivity contribution is -0.148. The van der Waals surface area contributed by atoms with Gasteiger partial charge in [-0.1, -0.05) is 56.2 Å². The topological polar surface area (TPSA) is 90.4 Å². The maximum absolute atomic E-state index is 14.6. The van der Waals surface area contributed by atoms with Crippen molar-refractivity contribution in [3.63, 3.8) is 0 Å². The normalized spacial score (nSPS) is 31.4. The van der Waals surface area contributed by atoms with E-state index in [0.717, 1.165) is 36.1 Å². The number of aliphatic hydroxyl groups excluding tert-OH is 1. The third-order valence-electron chi connectivity index (χ3n) is 9.10. The van der Waals surface area contributed by atoms with Crippen LogP contribution in [0.2, 0.25) is 0 Å². The third kappa shape index (κ3) is 4.59. The highest BCUT2D eigenvalue weighted by molar-refractivity contribution is 6.06. The fourth-order valence-corrected chi connectivity index (χ4v) is 7.26. The second-order valence-electron chi connectivity index (χ2n) is 12.0. The molecule has 0 radical (unpaired) electrons. The maximum Gasteiger partial charge on any atom is 0.253 e. The summed E-state index contributed by atoms with van der Waals surface area (Å²) in [5.74, 6) is -1.93. The summed E-state index contributed by atoms with van der Waals surface area (Å²) in [7, 11) is 0. The average molecular weight is 550 g/mol. The highest BCUT2D eigenvalue weighted by Gasteiger charge is 2.74. The van der Waals surface area contributed by atoms with Crippen LogP contribution < -0.4 is 4.90 Å². The molecule has 0 bridgehead atoms. The molecular weight excluding hydrogens is 506 g/mol. The Hall–Kier alpha value is -2.97. The molecule has 4 aliphatic heterocycles. The number of anilines is 1. The molecule has 1 N–H and O–H groups in total. The Morgan fingerprint density at radius 3 is 2.42 bits per heavy atom. The van der Waals surface area contributed by atoms with Crippen molar-refractivity contribution in [2.24, 2.45) is 11.8 Å². The molecule has 3 amide bonds. The molecule has 1 spiro atoms. The van der Waals surface area contributed by atoms with Gasteiger partial charge < -0.3 is 24.5 Å². The number of aryl methyl sites for hydroxylation is 2. The lowest BCUT2D eigenvalue weighted by atomic mass is 9.74. The number of ether oxygens (including phenoxy) is 1. The predicted octanol–water partition coefficient (Wildman–Crippen LogP) is 3.54. The number of amides is 3. The second-order valence-corrected chi connectivity index (χ2v) is 12.0. The molecule has 0 saturated carbocycles. The van der Waals surface area contributed by atoms with E-state index in [1.165, 1.54) is 0 Å². The molecule has 4 aliphatic rings. The van der Waals surface area contributed by atoms with Crippen molar-refractivity contribution >= 4 is 23.4 Å². The van der Waals surface area contributed by atoms with Crippen LogP contribution in [0.25, 0.3) is 0 Å². The molecule has 0 aliphatic carbocycles. The van der Waals surface area contributed by atoms with E-state index in [4.69, 9.17) is 4.74 Å². The van der Waals surface area contributed by atoms with Crippen molar-refractivity contribution in [1.82, 2.24) is 9.80 Å². The van der Waals surface area contributed by atoms with E-state index in [1.54, 1.807) is 9.80 Å². The Kier molecular flexibility index (Phi) is 7.94. The number of rotatable bonds is 9. The van der Waals surface area contributed by atoms with Gasteiger partial charge in [-0.3, -0.25) is 14.4 Å². The van der Waals surface area contributed by atoms with Gasteiger partial charge in [-0.2, -0.15) is 0 Å². The van der Waals surface area contributed by atoms with Gasteiger partial charge in [-0.05, 0) is 57.2 Å². The molecule has 2 saturated heterocycles. The van der Waals surface area contributed by atoms with Crippen LogP contribution in [0.5, 0.6) is 0 Å². The standard InChI is InChI=1S/C32H43N3O5/c1-5-16-33-17-10-14-31(4)25(28(33)37)26-29(38)35(18-8-6-7-9-20-36)27-30(39)34(19-11-15-32(26,27)40-31)24-21-22(2)12-13-23(24)3/h10-15,21,25-27,36H,5-9,16-20H2,1-4H3/t25-,26-,27?,31+,32-/m0/s1. The molecule has 1 aromatic rings. The molecule has 2 fully saturated rings. The third-order valence-corrected chi connectivity index (χ3v) is 9.10. The zero-order valence-corrected chi connectivity index (χ0v) is 24.3. The summed E-state index contributed by atoms with van der Waals surface area (Å²) >= 11 is 0. The highest BCUT2D eigenvalue weighted by Crippen LogP contribution is 2.57. The van der Waals surface area contributed by atoms with Crippen LogP contribution >= 0.6 is 0 Å². The van der Waals surface area contributed by atoms with Gasteiger partial charge in [0.1, 0.15) is 11.6 Å². The first kappa shape index (κ1) is 28.6. The highest BCUT2D eigenvalue weighted by atomic mass is 16.5. The largest absolute Gasteiger partial charge is 0.396 e. The molecule has 8 nitrogen and oxygen atoms in total. The smallest absolute Gasteiger partial charge is 0.253 e. The van der Waals surface area contributed by atoms with E-state index in [0.29, 0.717) is 39.0 Å². The Morgan fingerprint density at radius 2 is 1.68 bits per heavy atom. The van der Waals surface area contributed by atoms with Crippen molar-refractivity contribution in [2.45, 2.75) is 77.0 Å². The molecule has 5 atom stereocenters. The molecule has 8 heteroatoms. The van der Waals surface area contributed by atoms with Crippen molar-refractivity contribution in [3.05, 3.63) is 53.6 Å². The first-order valence-electron chi connectivity index (χ1n) is 14.8. The van der Waals surface area contributed by atoms with Crippen LogP contribution in [0.3, 0.4) is 0 Å². The summed E-state index contributed by atoms with van der Waals surface area (Å²) in [6, 6.07) is 5.19. The number of carbonyl (C=O) groups is 3. The number of benzene rings is 1. The Balaban J connectivity index is 1.58. The maximum atomic E-state index is 14.6. The predicted molar refractivity (Wildman–Crippen MR) is 154 cm³/mol. The van der Waals surface area contributed by atoms with E-state index in [1.807, 2.05) is 75.1 Å². The minimum atomic E-state index is -1.24. The molecular formula is C32H43N3O5. The number of unbranched alkanes of at least 4 members (excludes halogenated alkanes) is 3. The summed E-state index contributed by atoms with van der Waals surface area (Å²) in [5.41, 5.74) is 0.632. The molecule has 1 unspecified atom stereocenters. The van der Waals surface area contributed by atoms with Crippen LogP contribution in [0, 0.1) is 25.7 Å². The van der Waals surface area contributed by atoms with E-state index in [-0.39, 0.29) is 24.3 Å². The zero-order chi connectivity index (χ0) is 28.7. The summed E-state index contributed by atoms with van der Waals surface area (Å²) in [5, 5.41) is 9.19. The van der Waals surface area contributed by atoms with Crippen LogP contribution in [-0.4, -0.2) is 82.7 Å². The molecule has 5 rings (SSSR count). The van der Waals surface area contributed by atoms with Crippen molar-refractivity contribution in [3.8, 4) is 0 Å².